The molecule has 1 aromatic carbocycles. The lowest BCUT2D eigenvalue weighted by Crippen LogP contribution is -2.51. The van der Waals surface area contributed by atoms with Gasteiger partial charge in [-0.15, -0.1) is 0 Å². The van der Waals surface area contributed by atoms with Crippen LogP contribution in [0.3, 0.4) is 0 Å². The van der Waals surface area contributed by atoms with Gasteiger partial charge in [-0.3, -0.25) is 14.8 Å². The Balaban J connectivity index is 2.03. The molecule has 4 N–H and O–H groups in total. The Kier molecular flexibility index (Phi) is 5.18. The Morgan fingerprint density at radius 2 is 1.70 bits per heavy atom. The summed E-state index contributed by atoms with van der Waals surface area (Å²) in [6.45, 7) is 4.65. The molecule has 3 rings (SSSR count). The molecule has 2 aromatic heterocycles. The van der Waals surface area contributed by atoms with Gasteiger partial charge in [0.1, 0.15) is 11.5 Å². The number of nitrogens with one attached hydrogen (secondary N) is 3. The molecule has 0 aliphatic rings. The van der Waals surface area contributed by atoms with E-state index in [1.807, 2.05) is 4.98 Å². The van der Waals surface area contributed by atoms with Gasteiger partial charge in [0, 0.05) is 12.1 Å². The zero-order valence-corrected chi connectivity index (χ0v) is 16.5. The normalized spacial score (nSPS) is 14.8. The summed E-state index contributed by atoms with van der Waals surface area (Å²) in [5.74, 6) is -0.585. The van der Waals surface area contributed by atoms with Crippen molar-refractivity contribution in [2.75, 3.05) is 0 Å². The van der Waals surface area contributed by atoms with E-state index in [4.69, 9.17) is 0 Å². The van der Waals surface area contributed by atoms with Gasteiger partial charge in [-0.05, 0) is 48.1 Å². The zero-order valence-electron chi connectivity index (χ0n) is 16.5. The van der Waals surface area contributed by atoms with Crippen LogP contribution in [0.5, 0.6) is 0 Å². The maximum absolute atomic E-state index is 14.0. The molecule has 0 aliphatic carbocycles. The van der Waals surface area contributed by atoms with E-state index in [1.54, 1.807) is 6.92 Å². The lowest BCUT2D eigenvalue weighted by Gasteiger charge is -2.38. The Morgan fingerprint density at radius 1 is 1.03 bits per heavy atom. The van der Waals surface area contributed by atoms with Crippen LogP contribution in [-0.2, 0) is 11.8 Å². The van der Waals surface area contributed by atoms with E-state index < -0.39 is 47.1 Å². The van der Waals surface area contributed by atoms with Crippen LogP contribution in [-0.4, -0.2) is 31.8 Å². The van der Waals surface area contributed by atoms with Crippen molar-refractivity contribution in [3.63, 3.8) is 0 Å². The average Bonchev–Trinajstić information content (AvgIpc) is 2.97. The molecule has 0 saturated heterocycles. The SMILES string of the molecule is Cc1ccc(F)cc1C(C)(C)CC(O)(Cc1cc2c(=O)[nH]c(=O)[nH]c2[nH]1)C(F)(F)F. The largest absolute Gasteiger partial charge is 0.417 e. The number of aliphatic hydroxyl groups is 1. The zero-order chi connectivity index (χ0) is 22.5. The summed E-state index contributed by atoms with van der Waals surface area (Å²) in [4.78, 5) is 30.0. The molecule has 2 heterocycles. The summed E-state index contributed by atoms with van der Waals surface area (Å²) >= 11 is 0. The minimum absolute atomic E-state index is 0.0330. The maximum Gasteiger partial charge on any atom is 0.417 e. The predicted molar refractivity (Wildman–Crippen MR) is 103 cm³/mol. The van der Waals surface area contributed by atoms with Gasteiger partial charge in [0.25, 0.3) is 5.56 Å². The molecule has 0 radical (unpaired) electrons. The highest BCUT2D eigenvalue weighted by atomic mass is 19.4. The standard InChI is InChI=1S/C20H21F4N3O3/c1-10-4-5-11(21)6-14(10)18(2,3)9-19(30,20(22,23)24)8-12-7-13-15(25-12)26-17(29)27-16(13)28/h4-7,30H,8-9H2,1-3H3,(H3,25,26,27,28,29). The molecule has 1 unspecified atom stereocenters. The first-order valence-electron chi connectivity index (χ1n) is 9.12. The number of fused-ring (bicyclic) bond motifs is 1. The third kappa shape index (κ3) is 4.04. The number of aromatic nitrogens is 3. The van der Waals surface area contributed by atoms with Crippen LogP contribution < -0.4 is 11.2 Å². The molecule has 10 heteroatoms. The third-order valence-electron chi connectivity index (χ3n) is 5.26. The van der Waals surface area contributed by atoms with Crippen LogP contribution in [0.2, 0.25) is 0 Å². The van der Waals surface area contributed by atoms with Crippen molar-refractivity contribution >= 4 is 11.0 Å². The van der Waals surface area contributed by atoms with Gasteiger partial charge >= 0.3 is 11.9 Å². The highest BCUT2D eigenvalue weighted by Crippen LogP contribution is 2.43. The Bertz CT molecular complexity index is 1210. The van der Waals surface area contributed by atoms with E-state index >= 15 is 0 Å². The number of halogens is 4. The number of benzene rings is 1. The van der Waals surface area contributed by atoms with E-state index in [1.165, 1.54) is 32.0 Å². The quantitative estimate of drug-likeness (QED) is 0.471. The number of hydrogen-bond acceptors (Lipinski definition) is 3. The second kappa shape index (κ2) is 7.12. The molecule has 0 amide bonds. The summed E-state index contributed by atoms with van der Waals surface area (Å²) < 4.78 is 55.6. The van der Waals surface area contributed by atoms with Crippen molar-refractivity contribution in [3.8, 4) is 0 Å². The van der Waals surface area contributed by atoms with Crippen LogP contribution in [0.4, 0.5) is 17.6 Å². The molecular weight excluding hydrogens is 406 g/mol. The number of rotatable bonds is 5. The summed E-state index contributed by atoms with van der Waals surface area (Å²) in [6.07, 6.45) is -6.65. The minimum atomic E-state index is -5.01. The van der Waals surface area contributed by atoms with Crippen molar-refractivity contribution < 1.29 is 22.7 Å². The molecule has 162 valence electrons. The van der Waals surface area contributed by atoms with Crippen molar-refractivity contribution in [1.82, 2.24) is 15.0 Å². The van der Waals surface area contributed by atoms with Crippen LogP contribution in [0, 0.1) is 12.7 Å². The molecular formula is C20H21F4N3O3. The highest BCUT2D eigenvalue weighted by molar-refractivity contribution is 5.75. The second-order valence-corrected chi connectivity index (χ2v) is 8.22. The van der Waals surface area contributed by atoms with Gasteiger partial charge in [-0.1, -0.05) is 19.9 Å². The maximum atomic E-state index is 14.0. The summed E-state index contributed by atoms with van der Waals surface area (Å²) in [6, 6.07) is 5.01. The van der Waals surface area contributed by atoms with Crippen LogP contribution >= 0.6 is 0 Å². The topological polar surface area (TPSA) is 102 Å². The van der Waals surface area contributed by atoms with Gasteiger partial charge in [0.2, 0.25) is 0 Å². The molecule has 6 nitrogen and oxygen atoms in total. The van der Waals surface area contributed by atoms with Crippen LogP contribution in [0.25, 0.3) is 11.0 Å². The van der Waals surface area contributed by atoms with Gasteiger partial charge in [-0.25, -0.2) is 9.18 Å². The van der Waals surface area contributed by atoms with Crippen LogP contribution in [0.1, 0.15) is 37.1 Å². The Morgan fingerprint density at radius 3 is 2.33 bits per heavy atom. The summed E-state index contributed by atoms with van der Waals surface area (Å²) in [5.41, 5.74) is -5.15. The van der Waals surface area contributed by atoms with Crippen LogP contribution in [0.15, 0.2) is 33.9 Å². The first-order chi connectivity index (χ1) is 13.7. The fourth-order valence-corrected chi connectivity index (χ4v) is 3.93. The van der Waals surface area contributed by atoms with Gasteiger partial charge in [0.05, 0.1) is 5.39 Å². The number of H-pyrrole nitrogens is 3. The van der Waals surface area contributed by atoms with Gasteiger partial charge < -0.3 is 10.1 Å². The Labute approximate surface area is 168 Å². The second-order valence-electron chi connectivity index (χ2n) is 8.22. The van der Waals surface area contributed by atoms with Crippen molar-refractivity contribution in [3.05, 3.63) is 67.7 Å². The summed E-state index contributed by atoms with van der Waals surface area (Å²) in [5, 5.41) is 10.7. The van der Waals surface area contributed by atoms with E-state index in [0.29, 0.717) is 11.1 Å². The lowest BCUT2D eigenvalue weighted by atomic mass is 9.72. The number of hydrogen-bond donors (Lipinski definition) is 4. The molecule has 3 aromatic rings. The fraction of sp³-hybridized carbons (Fsp3) is 0.400. The summed E-state index contributed by atoms with van der Waals surface area (Å²) in [7, 11) is 0. The predicted octanol–water partition coefficient (Wildman–Crippen LogP) is 3.20. The van der Waals surface area contributed by atoms with Crippen molar-refractivity contribution in [1.29, 1.82) is 0 Å². The number of aromatic amines is 3. The highest BCUT2D eigenvalue weighted by Gasteiger charge is 2.56. The lowest BCUT2D eigenvalue weighted by molar-refractivity contribution is -0.266. The smallest absolute Gasteiger partial charge is 0.380 e. The molecule has 0 bridgehead atoms. The van der Waals surface area contributed by atoms with Gasteiger partial charge in [-0.2, -0.15) is 13.2 Å². The average molecular weight is 427 g/mol. The van der Waals surface area contributed by atoms with E-state index in [9.17, 15) is 32.3 Å². The molecule has 0 aliphatic heterocycles. The monoisotopic (exact) mass is 427 g/mol. The minimum Gasteiger partial charge on any atom is -0.380 e. The molecule has 1 atom stereocenters. The third-order valence-corrected chi connectivity index (χ3v) is 5.26. The molecule has 30 heavy (non-hydrogen) atoms. The number of aryl methyl sites for hydroxylation is 1. The first kappa shape index (κ1) is 21.8. The molecule has 0 fully saturated rings. The van der Waals surface area contributed by atoms with E-state index in [-0.39, 0.29) is 16.7 Å². The van der Waals surface area contributed by atoms with Crippen molar-refractivity contribution in [2.45, 2.75) is 50.8 Å². The van der Waals surface area contributed by atoms with E-state index in [0.717, 1.165) is 6.07 Å². The van der Waals surface area contributed by atoms with Crippen molar-refractivity contribution in [2.24, 2.45) is 0 Å². The Hall–Kier alpha value is -2.88. The molecule has 0 saturated carbocycles. The first-order valence-corrected chi connectivity index (χ1v) is 9.12. The molecule has 0 spiro atoms. The van der Waals surface area contributed by atoms with E-state index in [2.05, 4.69) is 9.97 Å². The van der Waals surface area contributed by atoms with Gasteiger partial charge in [0.15, 0.2) is 5.60 Å². The number of alkyl halides is 3. The fourth-order valence-electron chi connectivity index (χ4n) is 3.93.